The second-order valence-electron chi connectivity index (χ2n) is 5.16. The van der Waals surface area contributed by atoms with Gasteiger partial charge in [0.2, 0.25) is 9.05 Å². The molecule has 0 saturated carbocycles. The summed E-state index contributed by atoms with van der Waals surface area (Å²) in [4.78, 5) is 0. The van der Waals surface area contributed by atoms with Crippen molar-refractivity contribution >= 4 is 19.7 Å². The van der Waals surface area contributed by atoms with Gasteiger partial charge in [-0.15, -0.1) is 0 Å². The zero-order valence-corrected chi connectivity index (χ0v) is 12.7. The highest BCUT2D eigenvalue weighted by molar-refractivity contribution is 8.13. The van der Waals surface area contributed by atoms with E-state index in [-0.39, 0.29) is 18.1 Å². The molecule has 0 aliphatic carbocycles. The Morgan fingerprint density at radius 3 is 2.52 bits per heavy atom. The van der Waals surface area contributed by atoms with Gasteiger partial charge < -0.3 is 9.47 Å². The van der Waals surface area contributed by atoms with Crippen molar-refractivity contribution < 1.29 is 26.7 Å². The standard InChI is InChI=1S/C13H15ClF2O4S/c14-21(17,18)9-13(3-5-19-6-4-13)8-20-12-2-1-10(15)7-11(12)16/h1-2,7H,3-6,8-9H2. The summed E-state index contributed by atoms with van der Waals surface area (Å²) >= 11 is 0. The van der Waals surface area contributed by atoms with Crippen molar-refractivity contribution in [3.05, 3.63) is 29.8 Å². The Morgan fingerprint density at radius 2 is 1.95 bits per heavy atom. The molecule has 1 aliphatic heterocycles. The molecular weight excluding hydrogens is 326 g/mol. The van der Waals surface area contributed by atoms with Crippen molar-refractivity contribution in [3.63, 3.8) is 0 Å². The van der Waals surface area contributed by atoms with Crippen LogP contribution < -0.4 is 4.74 Å². The number of hydrogen-bond acceptors (Lipinski definition) is 4. The highest BCUT2D eigenvalue weighted by atomic mass is 35.7. The lowest BCUT2D eigenvalue weighted by atomic mass is 9.83. The van der Waals surface area contributed by atoms with Crippen LogP contribution in [0.2, 0.25) is 0 Å². The van der Waals surface area contributed by atoms with Crippen LogP contribution in [-0.2, 0) is 13.8 Å². The summed E-state index contributed by atoms with van der Waals surface area (Å²) in [5.74, 6) is -1.92. The molecule has 0 N–H and O–H groups in total. The van der Waals surface area contributed by atoms with Crippen LogP contribution in [0, 0.1) is 17.0 Å². The third kappa shape index (κ3) is 4.79. The summed E-state index contributed by atoms with van der Waals surface area (Å²) in [7, 11) is 1.62. The predicted octanol–water partition coefficient (Wildman–Crippen LogP) is 2.71. The lowest BCUT2D eigenvalue weighted by molar-refractivity contribution is 0.00162. The molecule has 21 heavy (non-hydrogen) atoms. The molecule has 0 bridgehead atoms. The Morgan fingerprint density at radius 1 is 1.29 bits per heavy atom. The molecule has 1 aromatic rings. The second kappa shape index (κ2) is 6.46. The number of rotatable bonds is 5. The third-order valence-corrected chi connectivity index (χ3v) is 4.74. The first-order chi connectivity index (χ1) is 9.80. The first-order valence-electron chi connectivity index (χ1n) is 6.38. The Kier molecular flexibility index (Phi) is 5.06. The molecule has 0 unspecified atom stereocenters. The topological polar surface area (TPSA) is 52.6 Å². The molecule has 118 valence electrons. The molecule has 1 saturated heterocycles. The molecule has 0 amide bonds. The second-order valence-corrected chi connectivity index (χ2v) is 7.94. The quantitative estimate of drug-likeness (QED) is 0.773. The monoisotopic (exact) mass is 340 g/mol. The molecule has 1 fully saturated rings. The van der Waals surface area contributed by atoms with E-state index >= 15 is 0 Å². The van der Waals surface area contributed by atoms with Gasteiger partial charge in [0.15, 0.2) is 11.6 Å². The Labute approximate surface area is 126 Å². The minimum Gasteiger partial charge on any atom is -0.490 e. The highest BCUT2D eigenvalue weighted by Gasteiger charge is 2.38. The Hall–Kier alpha value is -0.920. The highest BCUT2D eigenvalue weighted by Crippen LogP contribution is 2.34. The van der Waals surface area contributed by atoms with E-state index in [0.717, 1.165) is 6.07 Å². The van der Waals surface area contributed by atoms with Gasteiger partial charge in [0, 0.05) is 35.4 Å². The molecule has 0 radical (unpaired) electrons. The lowest BCUT2D eigenvalue weighted by Crippen LogP contribution is -2.40. The molecule has 8 heteroatoms. The average molecular weight is 341 g/mol. The van der Waals surface area contributed by atoms with Gasteiger partial charge in [0.1, 0.15) is 5.82 Å². The van der Waals surface area contributed by atoms with Crippen LogP contribution in [0.1, 0.15) is 12.8 Å². The molecule has 0 spiro atoms. The van der Waals surface area contributed by atoms with Gasteiger partial charge in [-0.2, -0.15) is 0 Å². The van der Waals surface area contributed by atoms with Crippen LogP contribution in [0.4, 0.5) is 8.78 Å². The number of halogens is 3. The third-order valence-electron chi connectivity index (χ3n) is 3.46. The number of hydrogen-bond donors (Lipinski definition) is 0. The van der Waals surface area contributed by atoms with Crippen molar-refractivity contribution in [3.8, 4) is 5.75 Å². The fraction of sp³-hybridized carbons (Fsp3) is 0.538. The van der Waals surface area contributed by atoms with Gasteiger partial charge in [0.25, 0.3) is 0 Å². The Bertz CT molecular complexity index is 600. The van der Waals surface area contributed by atoms with Gasteiger partial charge >= 0.3 is 0 Å². The zero-order chi connectivity index (χ0) is 15.5. The van der Waals surface area contributed by atoms with Gasteiger partial charge in [0.05, 0.1) is 12.4 Å². The minimum atomic E-state index is -3.72. The number of benzene rings is 1. The normalized spacial score (nSPS) is 18.4. The summed E-state index contributed by atoms with van der Waals surface area (Å²) in [6.07, 6.45) is 0.892. The minimum absolute atomic E-state index is 0.0230. The zero-order valence-electron chi connectivity index (χ0n) is 11.1. The maximum Gasteiger partial charge on any atom is 0.233 e. The van der Waals surface area contributed by atoms with Crippen LogP contribution in [-0.4, -0.2) is 34.0 Å². The van der Waals surface area contributed by atoms with Gasteiger partial charge in [-0.25, -0.2) is 17.2 Å². The molecule has 1 heterocycles. The van der Waals surface area contributed by atoms with Gasteiger partial charge in [-0.05, 0) is 25.0 Å². The fourth-order valence-corrected chi connectivity index (χ4v) is 4.12. The van der Waals surface area contributed by atoms with Crippen molar-refractivity contribution in [2.75, 3.05) is 25.6 Å². The van der Waals surface area contributed by atoms with Crippen LogP contribution in [0.5, 0.6) is 5.75 Å². The van der Waals surface area contributed by atoms with Gasteiger partial charge in [-0.1, -0.05) is 0 Å². The van der Waals surface area contributed by atoms with E-state index in [1.807, 2.05) is 0 Å². The molecule has 0 atom stereocenters. The van der Waals surface area contributed by atoms with Gasteiger partial charge in [-0.3, -0.25) is 0 Å². The van der Waals surface area contributed by atoms with Crippen molar-refractivity contribution in [2.45, 2.75) is 12.8 Å². The first-order valence-corrected chi connectivity index (χ1v) is 8.86. The maximum atomic E-state index is 13.5. The van der Waals surface area contributed by atoms with E-state index in [9.17, 15) is 17.2 Å². The first kappa shape index (κ1) is 16.5. The Balaban J connectivity index is 2.12. The van der Waals surface area contributed by atoms with Crippen LogP contribution in [0.3, 0.4) is 0 Å². The smallest absolute Gasteiger partial charge is 0.233 e. The fourth-order valence-electron chi connectivity index (χ4n) is 2.32. The summed E-state index contributed by atoms with van der Waals surface area (Å²) in [6, 6.07) is 2.96. The molecule has 4 nitrogen and oxygen atoms in total. The average Bonchev–Trinajstić information content (AvgIpc) is 2.37. The SMILES string of the molecule is O=S(=O)(Cl)CC1(COc2ccc(F)cc2F)CCOCC1. The van der Waals surface area contributed by atoms with E-state index in [2.05, 4.69) is 0 Å². The predicted molar refractivity (Wildman–Crippen MR) is 74.0 cm³/mol. The molecule has 1 aromatic carbocycles. The van der Waals surface area contributed by atoms with Crippen LogP contribution in [0.15, 0.2) is 18.2 Å². The van der Waals surface area contributed by atoms with Crippen LogP contribution >= 0.6 is 10.7 Å². The van der Waals surface area contributed by atoms with Crippen molar-refractivity contribution in [1.82, 2.24) is 0 Å². The van der Waals surface area contributed by atoms with E-state index in [4.69, 9.17) is 20.2 Å². The van der Waals surface area contributed by atoms with E-state index in [1.54, 1.807) is 0 Å². The van der Waals surface area contributed by atoms with E-state index in [1.165, 1.54) is 6.07 Å². The molecule has 2 rings (SSSR count). The summed E-state index contributed by atoms with van der Waals surface area (Å²) < 4.78 is 59.7. The van der Waals surface area contributed by atoms with Crippen molar-refractivity contribution in [2.24, 2.45) is 5.41 Å². The van der Waals surface area contributed by atoms with E-state index in [0.29, 0.717) is 32.1 Å². The number of ether oxygens (including phenoxy) is 2. The molecule has 1 aliphatic rings. The maximum absolute atomic E-state index is 13.5. The van der Waals surface area contributed by atoms with E-state index < -0.39 is 26.1 Å². The summed E-state index contributed by atoms with van der Waals surface area (Å²) in [6.45, 7) is 0.758. The van der Waals surface area contributed by atoms with Crippen molar-refractivity contribution in [1.29, 1.82) is 0 Å². The lowest BCUT2D eigenvalue weighted by Gasteiger charge is -2.35. The largest absolute Gasteiger partial charge is 0.490 e. The molecular formula is C13H15ClF2O4S. The van der Waals surface area contributed by atoms with Crippen LogP contribution in [0.25, 0.3) is 0 Å². The summed E-state index contributed by atoms with van der Waals surface area (Å²) in [5, 5.41) is 0. The summed E-state index contributed by atoms with van der Waals surface area (Å²) in [5.41, 5.74) is -0.723. The molecule has 0 aromatic heterocycles.